The molecule has 3 aromatic heterocycles. The van der Waals surface area contributed by atoms with Crippen molar-refractivity contribution in [1.29, 1.82) is 0 Å². The van der Waals surface area contributed by atoms with Crippen molar-refractivity contribution in [3.05, 3.63) is 49.1 Å². The molecule has 0 aromatic carbocycles. The van der Waals surface area contributed by atoms with E-state index in [1.807, 2.05) is 18.3 Å². The van der Waals surface area contributed by atoms with Crippen LogP contribution in [0.4, 0.5) is 5.82 Å². The summed E-state index contributed by atoms with van der Waals surface area (Å²) in [6.45, 7) is 1.92. The predicted molar refractivity (Wildman–Crippen MR) is 90.2 cm³/mol. The third-order valence-electron chi connectivity index (χ3n) is 4.20. The molecule has 4 rings (SSSR count). The lowest BCUT2D eigenvalue weighted by Crippen LogP contribution is -2.54. The molecule has 0 radical (unpaired) electrons. The van der Waals surface area contributed by atoms with E-state index >= 15 is 0 Å². The Hall–Kier alpha value is -3.23. The van der Waals surface area contributed by atoms with E-state index in [4.69, 9.17) is 0 Å². The number of carbonyl (C=O) groups excluding carboxylic acids is 1. The van der Waals surface area contributed by atoms with E-state index in [0.29, 0.717) is 25.5 Å². The number of aromatic amines is 1. The molecule has 0 atom stereocenters. The van der Waals surface area contributed by atoms with Crippen LogP contribution in [0.2, 0.25) is 0 Å². The Morgan fingerprint density at radius 2 is 2.20 bits per heavy atom. The van der Waals surface area contributed by atoms with Crippen molar-refractivity contribution in [3.8, 4) is 5.82 Å². The molecule has 4 heterocycles. The summed E-state index contributed by atoms with van der Waals surface area (Å²) in [5, 5.41) is 7.13. The number of nitrogens with one attached hydrogen (secondary N) is 2. The van der Waals surface area contributed by atoms with Gasteiger partial charge in [0, 0.05) is 56.4 Å². The number of H-pyrrole nitrogens is 1. The Morgan fingerprint density at radius 1 is 1.32 bits per heavy atom. The minimum atomic E-state index is -0.00937. The summed E-state index contributed by atoms with van der Waals surface area (Å²) >= 11 is 0. The van der Waals surface area contributed by atoms with Gasteiger partial charge in [0.2, 0.25) is 5.91 Å². The molecule has 9 heteroatoms. The second kappa shape index (κ2) is 6.71. The van der Waals surface area contributed by atoms with Gasteiger partial charge in [0.1, 0.15) is 12.1 Å². The number of anilines is 1. The highest BCUT2D eigenvalue weighted by molar-refractivity contribution is 5.81. The first-order chi connectivity index (χ1) is 12.3. The highest BCUT2D eigenvalue weighted by atomic mass is 16.2. The maximum atomic E-state index is 12.2. The largest absolute Gasteiger partial charge is 0.355 e. The number of amides is 1. The molecule has 0 aliphatic carbocycles. The molecular formula is C16H18N8O. The zero-order valence-electron chi connectivity index (χ0n) is 13.5. The van der Waals surface area contributed by atoms with Crippen LogP contribution in [0.5, 0.6) is 0 Å². The maximum absolute atomic E-state index is 12.2. The number of nitrogens with zero attached hydrogens (tertiary/aromatic N) is 6. The normalized spacial score (nSPS) is 14.3. The van der Waals surface area contributed by atoms with E-state index in [9.17, 15) is 4.79 Å². The summed E-state index contributed by atoms with van der Waals surface area (Å²) in [6, 6.07) is 3.72. The van der Waals surface area contributed by atoms with Gasteiger partial charge in [-0.15, -0.1) is 0 Å². The van der Waals surface area contributed by atoms with Crippen LogP contribution in [-0.2, 0) is 11.2 Å². The minimum absolute atomic E-state index is 0.00937. The fourth-order valence-electron chi connectivity index (χ4n) is 2.76. The van der Waals surface area contributed by atoms with Gasteiger partial charge in [-0.05, 0) is 6.07 Å². The third-order valence-corrected chi connectivity index (χ3v) is 4.20. The van der Waals surface area contributed by atoms with Gasteiger partial charge in [-0.2, -0.15) is 5.10 Å². The summed E-state index contributed by atoms with van der Waals surface area (Å²) in [4.78, 5) is 29.7. The standard InChI is InChI=1S/C16H18N8O/c25-16(18-4-2-13-7-17-10-19-13)12-8-23(9-12)14-6-15(21-11-20-14)24-5-1-3-22-24/h1,3,5-7,10-12H,2,4,8-9H2,(H,17,19)(H,18,25). The van der Waals surface area contributed by atoms with Crippen LogP contribution >= 0.6 is 0 Å². The molecule has 1 fully saturated rings. The van der Waals surface area contributed by atoms with Gasteiger partial charge in [-0.25, -0.2) is 19.6 Å². The van der Waals surface area contributed by atoms with Crippen LogP contribution in [-0.4, -0.2) is 55.3 Å². The van der Waals surface area contributed by atoms with E-state index in [-0.39, 0.29) is 11.8 Å². The monoisotopic (exact) mass is 338 g/mol. The zero-order chi connectivity index (χ0) is 17.1. The van der Waals surface area contributed by atoms with E-state index < -0.39 is 0 Å². The minimum Gasteiger partial charge on any atom is -0.355 e. The maximum Gasteiger partial charge on any atom is 0.226 e. The van der Waals surface area contributed by atoms with Crippen LogP contribution in [0.25, 0.3) is 5.82 Å². The first-order valence-electron chi connectivity index (χ1n) is 8.11. The summed E-state index contributed by atoms with van der Waals surface area (Å²) in [5.41, 5.74) is 1.02. The number of imidazole rings is 1. The van der Waals surface area contributed by atoms with Crippen molar-refractivity contribution >= 4 is 11.7 Å². The molecule has 2 N–H and O–H groups in total. The van der Waals surface area contributed by atoms with Gasteiger partial charge < -0.3 is 15.2 Å². The molecule has 1 aliphatic heterocycles. The lowest BCUT2D eigenvalue weighted by molar-refractivity contribution is -0.125. The highest BCUT2D eigenvalue weighted by Crippen LogP contribution is 2.23. The molecule has 9 nitrogen and oxygen atoms in total. The third kappa shape index (κ3) is 3.35. The summed E-state index contributed by atoms with van der Waals surface area (Å²) < 4.78 is 1.69. The van der Waals surface area contributed by atoms with Gasteiger partial charge in [-0.3, -0.25) is 4.79 Å². The smallest absolute Gasteiger partial charge is 0.226 e. The summed E-state index contributed by atoms with van der Waals surface area (Å²) in [6.07, 6.45) is 9.21. The first kappa shape index (κ1) is 15.3. The SMILES string of the molecule is O=C(NCCc1cnc[nH]1)C1CN(c2cc(-n3cccn3)ncn2)C1. The van der Waals surface area contributed by atoms with E-state index in [1.54, 1.807) is 23.4 Å². The Balaban J connectivity index is 1.28. The average Bonchev–Trinajstić information content (AvgIpc) is 3.28. The van der Waals surface area contributed by atoms with E-state index in [2.05, 4.69) is 35.3 Å². The molecular weight excluding hydrogens is 320 g/mol. The fourth-order valence-corrected chi connectivity index (χ4v) is 2.76. The van der Waals surface area contributed by atoms with E-state index in [1.165, 1.54) is 6.33 Å². The van der Waals surface area contributed by atoms with Gasteiger partial charge in [-0.1, -0.05) is 0 Å². The second-order valence-electron chi connectivity index (χ2n) is 5.90. The molecule has 3 aromatic rings. The summed E-state index contributed by atoms with van der Waals surface area (Å²) in [5.74, 6) is 1.59. The molecule has 0 bridgehead atoms. The van der Waals surface area contributed by atoms with Crippen LogP contribution < -0.4 is 10.2 Å². The van der Waals surface area contributed by atoms with Crippen molar-refractivity contribution in [2.45, 2.75) is 6.42 Å². The van der Waals surface area contributed by atoms with E-state index in [0.717, 1.165) is 17.9 Å². The Kier molecular flexibility index (Phi) is 4.11. The molecule has 25 heavy (non-hydrogen) atoms. The van der Waals surface area contributed by atoms with Gasteiger partial charge >= 0.3 is 0 Å². The van der Waals surface area contributed by atoms with Gasteiger partial charge in [0.05, 0.1) is 12.2 Å². The quantitative estimate of drug-likeness (QED) is 0.664. The fraction of sp³-hybridized carbons (Fsp3) is 0.312. The Morgan fingerprint density at radius 3 is 2.96 bits per heavy atom. The summed E-state index contributed by atoms with van der Waals surface area (Å²) in [7, 11) is 0. The van der Waals surface area contributed by atoms with Crippen molar-refractivity contribution in [2.75, 3.05) is 24.5 Å². The Labute approximate surface area is 144 Å². The first-order valence-corrected chi connectivity index (χ1v) is 8.11. The van der Waals surface area contributed by atoms with Crippen LogP contribution in [0.3, 0.4) is 0 Å². The molecule has 1 saturated heterocycles. The van der Waals surface area contributed by atoms with Crippen LogP contribution in [0.15, 0.2) is 43.4 Å². The highest BCUT2D eigenvalue weighted by Gasteiger charge is 2.33. The van der Waals surface area contributed by atoms with Crippen molar-refractivity contribution in [2.24, 2.45) is 5.92 Å². The number of hydrogen-bond acceptors (Lipinski definition) is 6. The van der Waals surface area contributed by atoms with Gasteiger partial charge in [0.15, 0.2) is 5.82 Å². The average molecular weight is 338 g/mol. The molecule has 1 aliphatic rings. The van der Waals surface area contributed by atoms with Gasteiger partial charge in [0.25, 0.3) is 0 Å². The predicted octanol–water partition coefficient (Wildman–Crippen LogP) is 0.180. The number of rotatable bonds is 6. The number of hydrogen-bond donors (Lipinski definition) is 2. The molecule has 0 saturated carbocycles. The number of carbonyl (C=O) groups is 1. The van der Waals surface area contributed by atoms with Crippen LogP contribution in [0, 0.1) is 5.92 Å². The second-order valence-corrected chi connectivity index (χ2v) is 5.90. The zero-order valence-corrected chi connectivity index (χ0v) is 13.5. The lowest BCUT2D eigenvalue weighted by Gasteiger charge is -2.39. The molecule has 0 unspecified atom stereocenters. The lowest BCUT2D eigenvalue weighted by atomic mass is 9.99. The molecule has 1 amide bonds. The Bertz CT molecular complexity index is 824. The molecule has 0 spiro atoms. The van der Waals surface area contributed by atoms with Crippen LogP contribution in [0.1, 0.15) is 5.69 Å². The molecule has 128 valence electrons. The number of aromatic nitrogens is 6. The van der Waals surface area contributed by atoms with Crippen molar-refractivity contribution in [3.63, 3.8) is 0 Å². The van der Waals surface area contributed by atoms with Crippen molar-refractivity contribution < 1.29 is 4.79 Å². The van der Waals surface area contributed by atoms with Crippen molar-refractivity contribution in [1.82, 2.24) is 35.0 Å². The topological polar surface area (TPSA) is 105 Å².